The first kappa shape index (κ1) is 31.5. The van der Waals surface area contributed by atoms with Gasteiger partial charge in [-0.15, -0.1) is 0 Å². The summed E-state index contributed by atoms with van der Waals surface area (Å²) in [5.74, 6) is -0.155. The van der Waals surface area contributed by atoms with Crippen LogP contribution in [0.2, 0.25) is 0 Å². The number of fused-ring (bicyclic) bond motifs is 1. The molecule has 232 valence electrons. The molecular weight excluding hydrogens is 595 g/mol. The van der Waals surface area contributed by atoms with Gasteiger partial charge in [0.2, 0.25) is 20.9 Å². The smallest absolute Gasteiger partial charge is 0.252 e. The van der Waals surface area contributed by atoms with Gasteiger partial charge in [-0.3, -0.25) is 9.59 Å². The summed E-state index contributed by atoms with van der Waals surface area (Å²) in [4.78, 5) is 27.0. The first-order valence-corrected chi connectivity index (χ1v) is 16.0. The van der Waals surface area contributed by atoms with E-state index in [0.29, 0.717) is 31.1 Å². The molecule has 0 spiro atoms. The van der Waals surface area contributed by atoms with Crippen LogP contribution in [0.15, 0.2) is 125 Å². The number of hydrogen-bond donors (Lipinski definition) is 2. The molecule has 8 nitrogen and oxygen atoms in total. The molecule has 45 heavy (non-hydrogen) atoms. The number of ether oxygens (including phenoxy) is 2. The summed E-state index contributed by atoms with van der Waals surface area (Å²) in [6.45, 7) is 0.760. The number of hydrogen-bond acceptors (Lipinski definition) is 6. The lowest BCUT2D eigenvalue weighted by molar-refractivity contribution is -0.123. The van der Waals surface area contributed by atoms with Gasteiger partial charge in [0.25, 0.3) is 5.91 Å². The first-order valence-electron chi connectivity index (χ1n) is 14.6. The molecule has 0 saturated carbocycles. The average molecular weight is 629 g/mol. The fourth-order valence-corrected chi connectivity index (χ4v) is 5.98. The number of nitrogens with one attached hydrogen (secondary N) is 2. The third-order valence-corrected chi connectivity index (χ3v) is 8.81. The van der Waals surface area contributed by atoms with E-state index in [4.69, 9.17) is 9.47 Å². The molecule has 0 unspecified atom stereocenters. The summed E-state index contributed by atoms with van der Waals surface area (Å²) in [5, 5.41) is 4.22. The van der Waals surface area contributed by atoms with E-state index in [0.717, 1.165) is 17.2 Å². The summed E-state index contributed by atoms with van der Waals surface area (Å²) >= 11 is 0. The van der Waals surface area contributed by atoms with Gasteiger partial charge >= 0.3 is 0 Å². The second-order valence-electron chi connectivity index (χ2n) is 10.5. The monoisotopic (exact) mass is 628 g/mol. The molecule has 0 radical (unpaired) electrons. The minimum Gasteiger partial charge on any atom is -0.486 e. The molecule has 0 fully saturated rings. The van der Waals surface area contributed by atoms with Crippen molar-refractivity contribution in [1.82, 2.24) is 10.6 Å². The fourth-order valence-electron chi connectivity index (χ4n) is 4.89. The highest BCUT2D eigenvalue weighted by molar-refractivity contribution is 7.95. The lowest BCUT2D eigenvalue weighted by Gasteiger charge is -2.23. The van der Waals surface area contributed by atoms with Gasteiger partial charge in [-0.1, -0.05) is 78.9 Å². The van der Waals surface area contributed by atoms with Crippen LogP contribution in [-0.4, -0.2) is 45.5 Å². The Morgan fingerprint density at radius 2 is 1.38 bits per heavy atom. The zero-order valence-corrected chi connectivity index (χ0v) is 25.2. The molecule has 2 amide bonds. The summed E-state index contributed by atoms with van der Waals surface area (Å²) in [6.07, 6.45) is 1.71. The molecule has 0 bridgehead atoms. The summed E-state index contributed by atoms with van der Waals surface area (Å²) < 4.78 is 52.5. The average Bonchev–Trinajstić information content (AvgIpc) is 3.07. The quantitative estimate of drug-likeness (QED) is 0.223. The molecule has 1 aliphatic rings. The van der Waals surface area contributed by atoms with Gasteiger partial charge in [0, 0.05) is 12.0 Å². The highest BCUT2D eigenvalue weighted by Crippen LogP contribution is 2.30. The van der Waals surface area contributed by atoms with Crippen LogP contribution < -0.4 is 20.1 Å². The van der Waals surface area contributed by atoms with Crippen molar-refractivity contribution in [3.8, 4) is 11.5 Å². The first-order chi connectivity index (χ1) is 21.8. The Morgan fingerprint density at radius 1 is 0.778 bits per heavy atom. The predicted octanol–water partition coefficient (Wildman–Crippen LogP) is 5.20. The molecule has 5 rings (SSSR count). The van der Waals surface area contributed by atoms with E-state index in [-0.39, 0.29) is 23.3 Å². The van der Waals surface area contributed by atoms with Crippen LogP contribution in [0.1, 0.15) is 27.9 Å². The number of amides is 2. The molecule has 0 aliphatic carbocycles. The van der Waals surface area contributed by atoms with E-state index in [1.807, 2.05) is 60.7 Å². The van der Waals surface area contributed by atoms with Gasteiger partial charge in [-0.2, -0.15) is 4.39 Å². The van der Waals surface area contributed by atoms with Crippen LogP contribution in [0.5, 0.6) is 11.5 Å². The minimum atomic E-state index is -4.43. The van der Waals surface area contributed by atoms with E-state index in [1.54, 1.807) is 24.3 Å². The second-order valence-corrected chi connectivity index (χ2v) is 12.4. The number of rotatable bonds is 12. The lowest BCUT2D eigenvalue weighted by Crippen LogP contribution is -2.50. The molecule has 0 aromatic heterocycles. The number of benzene rings is 4. The van der Waals surface area contributed by atoms with E-state index in [2.05, 4.69) is 10.6 Å². The number of sulfone groups is 1. The third-order valence-electron chi connectivity index (χ3n) is 7.27. The Hall–Kier alpha value is -4.96. The maximum absolute atomic E-state index is 15.4. The third kappa shape index (κ3) is 8.36. The Labute approximate surface area is 261 Å². The summed E-state index contributed by atoms with van der Waals surface area (Å²) in [5.41, 5.74) is 1.99. The summed E-state index contributed by atoms with van der Waals surface area (Å²) in [7, 11) is -4.43. The van der Waals surface area contributed by atoms with Crippen molar-refractivity contribution in [3.63, 3.8) is 0 Å². The largest absolute Gasteiger partial charge is 0.486 e. The molecular formula is C35H33FN2O6S. The van der Waals surface area contributed by atoms with E-state index >= 15 is 4.39 Å². The molecule has 1 aliphatic heterocycles. The van der Waals surface area contributed by atoms with Crippen molar-refractivity contribution >= 4 is 21.7 Å². The number of carbonyl (C=O) groups excluding carboxylic acids is 2. The van der Waals surface area contributed by atoms with Crippen LogP contribution in [0.25, 0.3) is 0 Å². The van der Waals surface area contributed by atoms with Gasteiger partial charge < -0.3 is 20.1 Å². The van der Waals surface area contributed by atoms with Gasteiger partial charge in [0.1, 0.15) is 19.3 Å². The van der Waals surface area contributed by atoms with Crippen molar-refractivity contribution in [2.24, 2.45) is 0 Å². The van der Waals surface area contributed by atoms with Crippen LogP contribution in [0.4, 0.5) is 4.39 Å². The normalized spacial score (nSPS) is 14.2. The number of halogens is 1. The number of carbonyl (C=O) groups is 2. The molecule has 4 aromatic carbocycles. The van der Waals surface area contributed by atoms with Gasteiger partial charge in [0.05, 0.1) is 10.9 Å². The Balaban J connectivity index is 1.40. The van der Waals surface area contributed by atoms with Crippen molar-refractivity contribution in [3.05, 3.63) is 137 Å². The van der Waals surface area contributed by atoms with Crippen LogP contribution in [-0.2, 0) is 27.5 Å². The van der Waals surface area contributed by atoms with Crippen molar-refractivity contribution in [2.75, 3.05) is 13.2 Å². The number of aryl methyl sites for hydroxylation is 1. The van der Waals surface area contributed by atoms with E-state index < -0.39 is 38.9 Å². The van der Waals surface area contributed by atoms with Crippen molar-refractivity contribution in [1.29, 1.82) is 0 Å². The predicted molar refractivity (Wildman–Crippen MR) is 168 cm³/mol. The molecule has 10 heteroatoms. The topological polar surface area (TPSA) is 111 Å². The van der Waals surface area contributed by atoms with Crippen LogP contribution >= 0.6 is 0 Å². The molecule has 1 heterocycles. The Morgan fingerprint density at radius 3 is 2.04 bits per heavy atom. The summed E-state index contributed by atoms with van der Waals surface area (Å²) in [6, 6.07) is 28.5. The highest BCUT2D eigenvalue weighted by Gasteiger charge is 2.27. The molecule has 0 saturated heterocycles. The second kappa shape index (κ2) is 14.7. The van der Waals surface area contributed by atoms with Crippen molar-refractivity contribution in [2.45, 2.75) is 36.2 Å². The Kier molecular flexibility index (Phi) is 10.3. The van der Waals surface area contributed by atoms with Gasteiger partial charge in [0.15, 0.2) is 11.5 Å². The zero-order chi connectivity index (χ0) is 31.6. The van der Waals surface area contributed by atoms with E-state index in [1.165, 1.54) is 24.3 Å². The highest BCUT2D eigenvalue weighted by atomic mass is 32.2. The van der Waals surface area contributed by atoms with Crippen LogP contribution in [0.3, 0.4) is 0 Å². The molecule has 2 N–H and O–H groups in total. The fraction of sp³-hybridized carbons (Fsp3) is 0.200. The Bertz CT molecular complexity index is 1750. The van der Waals surface area contributed by atoms with Gasteiger partial charge in [-0.05, 0) is 60.4 Å². The minimum absolute atomic E-state index is 0.142. The van der Waals surface area contributed by atoms with Crippen molar-refractivity contribution < 1.29 is 31.9 Å². The van der Waals surface area contributed by atoms with E-state index in [9.17, 15) is 18.0 Å². The SMILES string of the molecule is O=C(N[C@@H](Cc1ccccc1)C(=O)N[C@H](/C=C(\F)S(=O)(=O)c1ccccc1)CCc1ccccc1)c1ccc2c(c1)OCCO2. The maximum atomic E-state index is 15.4. The van der Waals surface area contributed by atoms with Crippen LogP contribution in [0, 0.1) is 0 Å². The standard InChI is InChI=1S/C35H33FN2O6S/c36-33(45(41,42)29-14-8-3-9-15-29)24-28(18-16-25-10-4-1-5-11-25)37-35(40)30(22-26-12-6-2-7-13-26)38-34(39)27-17-19-31-32(23-27)44-21-20-43-31/h1-15,17,19,23-24,28,30H,16,18,20-22H2,(H,37,40)(H,38,39)/b33-24+/t28-,30-/m0/s1. The lowest BCUT2D eigenvalue weighted by atomic mass is 10.0. The maximum Gasteiger partial charge on any atom is 0.252 e. The zero-order valence-electron chi connectivity index (χ0n) is 24.4. The molecule has 4 aromatic rings. The molecule has 2 atom stereocenters. The van der Waals surface area contributed by atoms with Gasteiger partial charge in [-0.25, -0.2) is 8.42 Å².